The van der Waals surface area contributed by atoms with Crippen molar-refractivity contribution in [2.45, 2.75) is 0 Å². The first-order valence-electron chi connectivity index (χ1n) is 5.42. The molecular weight excluding hydrogens is 231 g/mol. The van der Waals surface area contributed by atoms with Gasteiger partial charge in [0.2, 0.25) is 0 Å². The van der Waals surface area contributed by atoms with Crippen molar-refractivity contribution in [3.05, 3.63) is 71.6 Å². The SMILES string of the molecule is O=C(/C=C/c1ccc(F)cc1)c1cccc(O)c1. The van der Waals surface area contributed by atoms with Gasteiger partial charge in [0, 0.05) is 5.56 Å². The van der Waals surface area contributed by atoms with Crippen molar-refractivity contribution >= 4 is 11.9 Å². The van der Waals surface area contributed by atoms with Crippen LogP contribution in [0.3, 0.4) is 0 Å². The Morgan fingerprint density at radius 1 is 1.11 bits per heavy atom. The van der Waals surface area contributed by atoms with E-state index < -0.39 is 0 Å². The van der Waals surface area contributed by atoms with Crippen LogP contribution in [0.1, 0.15) is 15.9 Å². The first kappa shape index (κ1) is 12.0. The van der Waals surface area contributed by atoms with Crippen LogP contribution in [0.5, 0.6) is 5.75 Å². The lowest BCUT2D eigenvalue weighted by Gasteiger charge is -1.97. The van der Waals surface area contributed by atoms with Crippen LogP contribution in [-0.2, 0) is 0 Å². The Balaban J connectivity index is 2.14. The number of benzene rings is 2. The summed E-state index contributed by atoms with van der Waals surface area (Å²) in [5.41, 5.74) is 1.15. The lowest BCUT2D eigenvalue weighted by molar-refractivity contribution is 0.104. The highest BCUT2D eigenvalue weighted by atomic mass is 19.1. The Morgan fingerprint density at radius 3 is 2.50 bits per heavy atom. The molecule has 2 nitrogen and oxygen atoms in total. The molecule has 1 N–H and O–H groups in total. The van der Waals surface area contributed by atoms with Gasteiger partial charge < -0.3 is 5.11 Å². The van der Waals surface area contributed by atoms with Gasteiger partial charge in [0.25, 0.3) is 0 Å². The molecule has 0 aliphatic carbocycles. The molecule has 0 spiro atoms. The highest BCUT2D eigenvalue weighted by molar-refractivity contribution is 6.07. The van der Waals surface area contributed by atoms with Crippen LogP contribution in [0.4, 0.5) is 4.39 Å². The number of phenolic OH excluding ortho intramolecular Hbond substituents is 1. The van der Waals surface area contributed by atoms with E-state index in [0.29, 0.717) is 5.56 Å². The Morgan fingerprint density at radius 2 is 1.83 bits per heavy atom. The van der Waals surface area contributed by atoms with E-state index in [0.717, 1.165) is 5.56 Å². The van der Waals surface area contributed by atoms with Crippen LogP contribution in [0, 0.1) is 5.82 Å². The molecule has 0 saturated carbocycles. The van der Waals surface area contributed by atoms with E-state index in [-0.39, 0.29) is 17.3 Å². The molecule has 2 aromatic rings. The molecule has 0 heterocycles. The van der Waals surface area contributed by atoms with Gasteiger partial charge in [0.05, 0.1) is 0 Å². The van der Waals surface area contributed by atoms with Gasteiger partial charge in [-0.05, 0) is 35.9 Å². The third-order valence-electron chi connectivity index (χ3n) is 2.43. The number of rotatable bonds is 3. The zero-order chi connectivity index (χ0) is 13.0. The van der Waals surface area contributed by atoms with E-state index >= 15 is 0 Å². The summed E-state index contributed by atoms with van der Waals surface area (Å²) in [6, 6.07) is 12.0. The minimum Gasteiger partial charge on any atom is -0.508 e. The van der Waals surface area contributed by atoms with Crippen LogP contribution in [0.2, 0.25) is 0 Å². The topological polar surface area (TPSA) is 37.3 Å². The second kappa shape index (κ2) is 5.27. The van der Waals surface area contributed by atoms with Crippen molar-refractivity contribution in [1.29, 1.82) is 0 Å². The molecule has 2 rings (SSSR count). The molecule has 0 bridgehead atoms. The van der Waals surface area contributed by atoms with Gasteiger partial charge in [-0.15, -0.1) is 0 Å². The van der Waals surface area contributed by atoms with E-state index in [1.165, 1.54) is 30.3 Å². The molecular formula is C15H11FO2. The monoisotopic (exact) mass is 242 g/mol. The average molecular weight is 242 g/mol. The van der Waals surface area contributed by atoms with Gasteiger partial charge in [0.1, 0.15) is 11.6 Å². The highest BCUT2D eigenvalue weighted by Crippen LogP contribution is 2.12. The molecule has 0 amide bonds. The maximum absolute atomic E-state index is 12.7. The van der Waals surface area contributed by atoms with Crippen LogP contribution in [0.15, 0.2) is 54.6 Å². The standard InChI is InChI=1S/C15H11FO2/c16-13-7-4-11(5-8-13)6-9-15(18)12-2-1-3-14(17)10-12/h1-10,17H/b9-6+. The van der Waals surface area contributed by atoms with E-state index in [2.05, 4.69) is 0 Å². The van der Waals surface area contributed by atoms with E-state index in [4.69, 9.17) is 0 Å². The van der Waals surface area contributed by atoms with E-state index in [9.17, 15) is 14.3 Å². The summed E-state index contributed by atoms with van der Waals surface area (Å²) in [5, 5.41) is 9.26. The summed E-state index contributed by atoms with van der Waals surface area (Å²) >= 11 is 0. The predicted molar refractivity (Wildman–Crippen MR) is 67.9 cm³/mol. The number of allylic oxidation sites excluding steroid dienone is 1. The number of ketones is 1. The largest absolute Gasteiger partial charge is 0.508 e. The van der Waals surface area contributed by atoms with Crippen molar-refractivity contribution in [1.82, 2.24) is 0 Å². The van der Waals surface area contributed by atoms with Gasteiger partial charge in [-0.3, -0.25) is 4.79 Å². The fourth-order valence-electron chi connectivity index (χ4n) is 1.50. The number of hydrogen-bond acceptors (Lipinski definition) is 2. The van der Waals surface area contributed by atoms with Gasteiger partial charge in [0.15, 0.2) is 5.78 Å². The number of carbonyl (C=O) groups is 1. The minimum absolute atomic E-state index is 0.0519. The first-order valence-corrected chi connectivity index (χ1v) is 5.42. The van der Waals surface area contributed by atoms with Crippen molar-refractivity contribution in [3.8, 4) is 5.75 Å². The fourth-order valence-corrected chi connectivity index (χ4v) is 1.50. The molecule has 0 radical (unpaired) electrons. The van der Waals surface area contributed by atoms with Crippen LogP contribution in [0.25, 0.3) is 6.08 Å². The summed E-state index contributed by atoms with van der Waals surface area (Å²) in [5.74, 6) is -0.474. The van der Waals surface area contributed by atoms with Gasteiger partial charge >= 0.3 is 0 Å². The quantitative estimate of drug-likeness (QED) is 0.661. The molecule has 0 aliphatic rings. The van der Waals surface area contributed by atoms with Gasteiger partial charge in [-0.25, -0.2) is 4.39 Å². The molecule has 0 unspecified atom stereocenters. The highest BCUT2D eigenvalue weighted by Gasteiger charge is 2.01. The molecule has 0 aromatic heterocycles. The summed E-state index contributed by atoms with van der Waals surface area (Å²) in [4.78, 5) is 11.8. The predicted octanol–water partition coefficient (Wildman–Crippen LogP) is 3.43. The maximum atomic E-state index is 12.7. The number of halogens is 1. The van der Waals surface area contributed by atoms with Crippen molar-refractivity contribution in [2.75, 3.05) is 0 Å². The molecule has 0 fully saturated rings. The normalized spacial score (nSPS) is 10.7. The Labute approximate surface area is 104 Å². The Hall–Kier alpha value is -2.42. The number of carbonyl (C=O) groups excluding carboxylic acids is 1. The second-order valence-electron chi connectivity index (χ2n) is 3.80. The number of hydrogen-bond donors (Lipinski definition) is 1. The summed E-state index contributed by atoms with van der Waals surface area (Å²) in [6.45, 7) is 0. The molecule has 90 valence electrons. The summed E-state index contributed by atoms with van der Waals surface area (Å²) in [6.07, 6.45) is 2.99. The third-order valence-corrected chi connectivity index (χ3v) is 2.43. The van der Waals surface area contributed by atoms with Crippen LogP contribution < -0.4 is 0 Å². The Kier molecular flexibility index (Phi) is 3.53. The Bertz CT molecular complexity index is 586. The average Bonchev–Trinajstić information content (AvgIpc) is 2.38. The lowest BCUT2D eigenvalue weighted by atomic mass is 10.1. The maximum Gasteiger partial charge on any atom is 0.185 e. The summed E-state index contributed by atoms with van der Waals surface area (Å²) in [7, 11) is 0. The molecule has 18 heavy (non-hydrogen) atoms. The number of aromatic hydroxyl groups is 1. The molecule has 0 atom stereocenters. The second-order valence-corrected chi connectivity index (χ2v) is 3.80. The molecule has 2 aromatic carbocycles. The third kappa shape index (κ3) is 3.04. The van der Waals surface area contributed by atoms with Crippen molar-refractivity contribution in [3.63, 3.8) is 0 Å². The van der Waals surface area contributed by atoms with E-state index in [1.54, 1.807) is 30.3 Å². The minimum atomic E-state index is -0.313. The van der Waals surface area contributed by atoms with Crippen molar-refractivity contribution in [2.24, 2.45) is 0 Å². The first-order chi connectivity index (χ1) is 8.65. The van der Waals surface area contributed by atoms with Crippen LogP contribution in [-0.4, -0.2) is 10.9 Å². The van der Waals surface area contributed by atoms with E-state index in [1.807, 2.05) is 0 Å². The van der Waals surface area contributed by atoms with Gasteiger partial charge in [-0.1, -0.05) is 30.3 Å². The zero-order valence-corrected chi connectivity index (χ0v) is 9.51. The lowest BCUT2D eigenvalue weighted by Crippen LogP contribution is -1.93. The molecule has 0 aliphatic heterocycles. The summed E-state index contributed by atoms with van der Waals surface area (Å²) < 4.78 is 12.7. The van der Waals surface area contributed by atoms with Crippen LogP contribution >= 0.6 is 0 Å². The van der Waals surface area contributed by atoms with Gasteiger partial charge in [-0.2, -0.15) is 0 Å². The fraction of sp³-hybridized carbons (Fsp3) is 0. The molecule has 3 heteroatoms. The molecule has 0 saturated heterocycles. The van der Waals surface area contributed by atoms with Crippen molar-refractivity contribution < 1.29 is 14.3 Å². The smallest absolute Gasteiger partial charge is 0.185 e. The zero-order valence-electron chi connectivity index (χ0n) is 9.51. The number of phenols is 1.